The maximum Gasteiger partial charge on any atom is 0.241 e. The third-order valence-electron chi connectivity index (χ3n) is 5.27. The summed E-state index contributed by atoms with van der Waals surface area (Å²) in [6, 6.07) is 16.5. The first kappa shape index (κ1) is 15.5. The smallest absolute Gasteiger partial charge is 0.241 e. The highest BCUT2D eigenvalue weighted by Gasteiger charge is 2.59. The van der Waals surface area contributed by atoms with Crippen molar-refractivity contribution in [1.29, 1.82) is 0 Å². The van der Waals surface area contributed by atoms with E-state index in [1.807, 2.05) is 18.2 Å². The Labute approximate surface area is 150 Å². The Kier molecular flexibility index (Phi) is 3.36. The summed E-state index contributed by atoms with van der Waals surface area (Å²) >= 11 is 3.46. The highest BCUT2D eigenvalue weighted by molar-refractivity contribution is 9.10. The number of nitrogens with one attached hydrogen (secondary N) is 1. The zero-order valence-corrected chi connectivity index (χ0v) is 15.3. The summed E-state index contributed by atoms with van der Waals surface area (Å²) in [5.74, 6) is 0.0676. The van der Waals surface area contributed by atoms with E-state index in [4.69, 9.17) is 0 Å². The van der Waals surface area contributed by atoms with E-state index in [1.165, 1.54) is 5.56 Å². The summed E-state index contributed by atoms with van der Waals surface area (Å²) in [5.41, 5.74) is 2.77. The number of amides is 1. The largest absolute Gasteiger partial charge is 0.335 e. The fourth-order valence-corrected chi connectivity index (χ4v) is 4.19. The molecule has 24 heavy (non-hydrogen) atoms. The molecule has 2 aromatic carbocycles. The maximum absolute atomic E-state index is 12.2. The van der Waals surface area contributed by atoms with E-state index in [9.17, 15) is 4.79 Å². The van der Waals surface area contributed by atoms with Crippen molar-refractivity contribution in [2.75, 3.05) is 11.4 Å². The van der Waals surface area contributed by atoms with Crippen LogP contribution in [0.3, 0.4) is 0 Å². The van der Waals surface area contributed by atoms with E-state index >= 15 is 0 Å². The molecule has 2 aromatic rings. The summed E-state index contributed by atoms with van der Waals surface area (Å²) < 4.78 is 1.06. The Bertz CT molecular complexity index is 841. The van der Waals surface area contributed by atoms with E-state index in [0.717, 1.165) is 15.7 Å². The second kappa shape index (κ2) is 5.21. The summed E-state index contributed by atoms with van der Waals surface area (Å²) in [4.78, 5) is 14.4. The predicted octanol–water partition coefficient (Wildman–Crippen LogP) is 4.09. The van der Waals surface area contributed by atoms with Crippen molar-refractivity contribution in [3.05, 3.63) is 70.2 Å². The van der Waals surface area contributed by atoms with E-state index < -0.39 is 5.66 Å². The lowest BCUT2D eigenvalue weighted by molar-refractivity contribution is -0.118. The lowest BCUT2D eigenvalue weighted by Gasteiger charge is -2.40. The Morgan fingerprint density at radius 1 is 1.12 bits per heavy atom. The highest BCUT2D eigenvalue weighted by atomic mass is 79.9. The highest BCUT2D eigenvalue weighted by Crippen LogP contribution is 2.52. The standard InChI is InChI=1S/C20H19BrN2O/c1-19(2)16-5-3-4-6-17(16)23-13-18(24)22-20(19,23)12-11-14-7-9-15(21)10-8-14/h3-12H,13H2,1-2H3,(H,22,24)/b12-11+/t20-/m1/s1. The number of hydrogen-bond donors (Lipinski definition) is 1. The Hall–Kier alpha value is -2.07. The minimum absolute atomic E-state index is 0.0676. The molecule has 1 N–H and O–H groups in total. The van der Waals surface area contributed by atoms with Crippen molar-refractivity contribution in [2.45, 2.75) is 24.9 Å². The maximum atomic E-state index is 12.2. The normalized spacial score (nSPS) is 24.1. The van der Waals surface area contributed by atoms with Gasteiger partial charge in [-0.15, -0.1) is 0 Å². The molecular weight excluding hydrogens is 364 g/mol. The van der Waals surface area contributed by atoms with Crippen LogP contribution in [0.2, 0.25) is 0 Å². The molecule has 2 aliphatic rings. The minimum atomic E-state index is -0.527. The van der Waals surface area contributed by atoms with Gasteiger partial charge < -0.3 is 10.2 Å². The van der Waals surface area contributed by atoms with Crippen LogP contribution in [0.1, 0.15) is 25.0 Å². The molecule has 1 saturated heterocycles. The number of carbonyl (C=O) groups excluding carboxylic acids is 1. The third-order valence-corrected chi connectivity index (χ3v) is 5.79. The molecule has 4 rings (SSSR count). The molecule has 122 valence electrons. The second-order valence-electron chi connectivity index (χ2n) is 6.93. The van der Waals surface area contributed by atoms with Crippen LogP contribution >= 0.6 is 15.9 Å². The fraction of sp³-hybridized carbons (Fsp3) is 0.250. The Morgan fingerprint density at radius 2 is 1.83 bits per heavy atom. The summed E-state index contributed by atoms with van der Waals surface area (Å²) in [6.07, 6.45) is 4.24. The number of hydrogen-bond acceptors (Lipinski definition) is 2. The summed E-state index contributed by atoms with van der Waals surface area (Å²) in [6.45, 7) is 4.79. The van der Waals surface area contributed by atoms with Crippen molar-refractivity contribution in [2.24, 2.45) is 0 Å². The van der Waals surface area contributed by atoms with Gasteiger partial charge in [-0.2, -0.15) is 0 Å². The fourth-order valence-electron chi connectivity index (χ4n) is 3.93. The molecule has 3 nitrogen and oxygen atoms in total. The lowest BCUT2D eigenvalue weighted by atomic mass is 9.75. The van der Waals surface area contributed by atoms with Crippen LogP contribution in [0.25, 0.3) is 6.08 Å². The van der Waals surface area contributed by atoms with Crippen molar-refractivity contribution < 1.29 is 4.79 Å². The number of benzene rings is 2. The SMILES string of the molecule is CC1(C)c2ccccc2N2CC(=O)N[C@]21/C=C/c1ccc(Br)cc1. The van der Waals surface area contributed by atoms with Crippen LogP contribution in [-0.4, -0.2) is 18.1 Å². The quantitative estimate of drug-likeness (QED) is 0.848. The first-order valence-corrected chi connectivity index (χ1v) is 8.86. The third kappa shape index (κ3) is 2.06. The van der Waals surface area contributed by atoms with Crippen molar-refractivity contribution in [1.82, 2.24) is 5.32 Å². The molecule has 2 heterocycles. The molecule has 1 fully saturated rings. The first-order chi connectivity index (χ1) is 11.4. The Balaban J connectivity index is 1.82. The zero-order valence-electron chi connectivity index (χ0n) is 13.7. The molecule has 1 amide bonds. The number of nitrogens with zero attached hydrogens (tertiary/aromatic N) is 1. The molecule has 0 aromatic heterocycles. The van der Waals surface area contributed by atoms with Crippen LogP contribution in [-0.2, 0) is 10.2 Å². The zero-order chi connectivity index (χ0) is 16.9. The molecule has 0 radical (unpaired) electrons. The second-order valence-corrected chi connectivity index (χ2v) is 7.84. The van der Waals surface area contributed by atoms with Gasteiger partial charge in [0.1, 0.15) is 5.66 Å². The number of anilines is 1. The molecule has 0 bridgehead atoms. The van der Waals surface area contributed by atoms with Gasteiger partial charge in [0.15, 0.2) is 0 Å². The van der Waals surface area contributed by atoms with Gasteiger partial charge in [0.25, 0.3) is 0 Å². The molecular formula is C20H19BrN2O. The average molecular weight is 383 g/mol. The van der Waals surface area contributed by atoms with Crippen LogP contribution in [0.15, 0.2) is 59.1 Å². The number of para-hydroxylation sites is 1. The first-order valence-electron chi connectivity index (χ1n) is 8.07. The van der Waals surface area contributed by atoms with Gasteiger partial charge in [-0.3, -0.25) is 4.79 Å². The van der Waals surface area contributed by atoms with Crippen molar-refractivity contribution in [3.8, 4) is 0 Å². The number of fused-ring (bicyclic) bond motifs is 3. The molecule has 0 aliphatic carbocycles. The van der Waals surface area contributed by atoms with Gasteiger partial charge in [-0.05, 0) is 35.4 Å². The molecule has 4 heteroatoms. The van der Waals surface area contributed by atoms with E-state index in [-0.39, 0.29) is 11.3 Å². The van der Waals surface area contributed by atoms with E-state index in [1.54, 1.807) is 0 Å². The Morgan fingerprint density at radius 3 is 2.58 bits per heavy atom. The number of carbonyl (C=O) groups is 1. The van der Waals surface area contributed by atoms with Crippen LogP contribution in [0.4, 0.5) is 5.69 Å². The van der Waals surface area contributed by atoms with Crippen molar-refractivity contribution in [3.63, 3.8) is 0 Å². The number of halogens is 1. The predicted molar refractivity (Wildman–Crippen MR) is 101 cm³/mol. The van der Waals surface area contributed by atoms with Crippen molar-refractivity contribution >= 4 is 33.6 Å². The van der Waals surface area contributed by atoms with Gasteiger partial charge in [0.05, 0.1) is 6.54 Å². The molecule has 0 saturated carbocycles. The number of rotatable bonds is 2. The van der Waals surface area contributed by atoms with Gasteiger partial charge >= 0.3 is 0 Å². The minimum Gasteiger partial charge on any atom is -0.335 e. The van der Waals surface area contributed by atoms with Crippen LogP contribution in [0, 0.1) is 0 Å². The topological polar surface area (TPSA) is 32.3 Å². The van der Waals surface area contributed by atoms with Gasteiger partial charge in [0.2, 0.25) is 5.91 Å². The van der Waals surface area contributed by atoms with Gasteiger partial charge in [-0.1, -0.05) is 66.2 Å². The average Bonchev–Trinajstić information content (AvgIpc) is 2.99. The molecule has 0 spiro atoms. The van der Waals surface area contributed by atoms with Crippen LogP contribution < -0.4 is 10.2 Å². The van der Waals surface area contributed by atoms with Gasteiger partial charge in [-0.25, -0.2) is 0 Å². The summed E-state index contributed by atoms with van der Waals surface area (Å²) in [5, 5.41) is 3.24. The monoisotopic (exact) mass is 382 g/mol. The van der Waals surface area contributed by atoms with E-state index in [2.05, 4.69) is 82.5 Å². The summed E-state index contributed by atoms with van der Waals surface area (Å²) in [7, 11) is 0. The van der Waals surface area contributed by atoms with Crippen LogP contribution in [0.5, 0.6) is 0 Å². The molecule has 0 unspecified atom stereocenters. The molecule has 1 atom stereocenters. The van der Waals surface area contributed by atoms with E-state index in [0.29, 0.717) is 6.54 Å². The van der Waals surface area contributed by atoms with Gasteiger partial charge in [0, 0.05) is 15.6 Å². The lowest BCUT2D eigenvalue weighted by Crippen LogP contribution is -2.58. The molecule has 2 aliphatic heterocycles.